The van der Waals surface area contributed by atoms with E-state index in [1.54, 1.807) is 30.3 Å². The first kappa shape index (κ1) is 25.6. The van der Waals surface area contributed by atoms with E-state index in [4.69, 9.17) is 4.74 Å². The van der Waals surface area contributed by atoms with Gasteiger partial charge in [0.1, 0.15) is 36.0 Å². The first-order valence-corrected chi connectivity index (χ1v) is 12.2. The second-order valence-electron chi connectivity index (χ2n) is 9.47. The third-order valence-corrected chi connectivity index (χ3v) is 5.95. The summed E-state index contributed by atoms with van der Waals surface area (Å²) in [5.41, 5.74) is 0.320. The molecule has 1 saturated heterocycles. The minimum Gasteiger partial charge on any atom is -0.492 e. The van der Waals surface area contributed by atoms with E-state index in [9.17, 15) is 9.18 Å². The molecule has 2 aromatic carbocycles. The van der Waals surface area contributed by atoms with E-state index in [0.29, 0.717) is 35.1 Å². The minimum atomic E-state index is -1.34. The summed E-state index contributed by atoms with van der Waals surface area (Å²) in [5.74, 6) is 0.291. The lowest BCUT2D eigenvalue weighted by Crippen LogP contribution is -2.32. The Kier molecular flexibility index (Phi) is 8.14. The molecule has 0 unspecified atom stereocenters. The lowest BCUT2D eigenvalue weighted by molar-refractivity contribution is 0.200. The van der Waals surface area contributed by atoms with Crippen molar-refractivity contribution < 1.29 is 18.3 Å². The molecule has 3 N–H and O–H groups in total. The maximum Gasteiger partial charge on any atom is 0.319 e. The minimum absolute atomic E-state index is 0.221. The maximum atomic E-state index is 15.0. The number of halogens is 2. The highest BCUT2D eigenvalue weighted by Crippen LogP contribution is 2.29. The Balaban J connectivity index is 1.36. The zero-order valence-corrected chi connectivity index (χ0v) is 20.6. The van der Waals surface area contributed by atoms with Crippen molar-refractivity contribution in [2.75, 3.05) is 43.4 Å². The summed E-state index contributed by atoms with van der Waals surface area (Å²) in [5, 5.41) is 8.69. The van der Waals surface area contributed by atoms with Gasteiger partial charge in [-0.15, -0.1) is 0 Å². The fourth-order valence-corrected chi connectivity index (χ4v) is 4.02. The largest absolute Gasteiger partial charge is 0.492 e. The number of nitrogens with zero attached hydrogens (tertiary/aromatic N) is 3. The Hall–Kier alpha value is -3.53. The number of alkyl halides is 1. The van der Waals surface area contributed by atoms with Crippen LogP contribution in [-0.2, 0) is 0 Å². The number of likely N-dealkylation sites (tertiary alicyclic amines) is 1. The number of benzene rings is 2. The molecule has 0 saturated carbocycles. The summed E-state index contributed by atoms with van der Waals surface area (Å²) >= 11 is 0. The van der Waals surface area contributed by atoms with Crippen LogP contribution in [-0.4, -0.2) is 59.4 Å². The van der Waals surface area contributed by atoms with Crippen LogP contribution in [0.15, 0.2) is 42.7 Å². The molecule has 1 aromatic heterocycles. The van der Waals surface area contributed by atoms with Gasteiger partial charge in [-0.3, -0.25) is 4.90 Å². The van der Waals surface area contributed by atoms with E-state index in [1.807, 2.05) is 0 Å². The second kappa shape index (κ2) is 11.5. The van der Waals surface area contributed by atoms with Gasteiger partial charge in [0.25, 0.3) is 0 Å². The van der Waals surface area contributed by atoms with E-state index in [0.717, 1.165) is 19.6 Å². The van der Waals surface area contributed by atoms with Gasteiger partial charge >= 0.3 is 6.03 Å². The monoisotopic (exact) mass is 498 g/mol. The number of hydrogen-bond donors (Lipinski definition) is 3. The lowest BCUT2D eigenvalue weighted by Gasteiger charge is -2.15. The zero-order valence-electron chi connectivity index (χ0n) is 20.6. The highest BCUT2D eigenvalue weighted by molar-refractivity contribution is 5.92. The van der Waals surface area contributed by atoms with Crippen LogP contribution in [0.25, 0.3) is 10.9 Å². The molecule has 0 aliphatic carbocycles. The highest BCUT2D eigenvalue weighted by Gasteiger charge is 2.16. The Morgan fingerprint density at radius 2 is 1.83 bits per heavy atom. The van der Waals surface area contributed by atoms with Crippen LogP contribution in [0.4, 0.5) is 30.8 Å². The molecule has 1 aliphatic heterocycles. The summed E-state index contributed by atoms with van der Waals surface area (Å²) in [6.07, 6.45) is 4.02. The molecule has 10 heteroatoms. The molecule has 1 fully saturated rings. The average Bonchev–Trinajstić information content (AvgIpc) is 3.33. The van der Waals surface area contributed by atoms with Crippen LogP contribution in [0.1, 0.15) is 33.1 Å². The number of carbonyl (C=O) groups is 1. The van der Waals surface area contributed by atoms with Gasteiger partial charge in [0.05, 0.1) is 10.9 Å². The molecular formula is C26H32F2N6O2. The molecular weight excluding hydrogens is 466 g/mol. The van der Waals surface area contributed by atoms with Crippen molar-refractivity contribution in [3.05, 3.63) is 48.5 Å². The zero-order chi connectivity index (χ0) is 25.5. The molecule has 192 valence electrons. The summed E-state index contributed by atoms with van der Waals surface area (Å²) in [7, 11) is 0. The standard InChI is InChI=1S/C26H32F2N6O2/c1-26(2,28)9-10-29-25(35)33-19-7-5-18(6-8-19)32-24-23-21(27)15-20(16-22(23)30-17-31-24)36-14-13-34-11-3-4-12-34/h5-8,15-17H,3-4,9-14H2,1-2H3,(H2,29,33,35)(H,30,31,32). The van der Waals surface area contributed by atoms with Crippen LogP contribution < -0.4 is 20.7 Å². The number of urea groups is 1. The van der Waals surface area contributed by atoms with Crippen molar-refractivity contribution >= 4 is 34.1 Å². The Bertz CT molecular complexity index is 1180. The number of ether oxygens (including phenoxy) is 1. The average molecular weight is 499 g/mol. The topological polar surface area (TPSA) is 91.4 Å². The third kappa shape index (κ3) is 7.24. The van der Waals surface area contributed by atoms with E-state index in [-0.39, 0.29) is 18.4 Å². The number of nitrogens with one attached hydrogen (secondary N) is 3. The van der Waals surface area contributed by atoms with Crippen LogP contribution in [0, 0.1) is 5.82 Å². The first-order chi connectivity index (χ1) is 17.3. The normalized spacial score (nSPS) is 14.1. The van der Waals surface area contributed by atoms with Crippen LogP contribution >= 0.6 is 0 Å². The van der Waals surface area contributed by atoms with Crippen molar-refractivity contribution in [1.29, 1.82) is 0 Å². The molecule has 0 spiro atoms. The highest BCUT2D eigenvalue weighted by atomic mass is 19.1. The quantitative estimate of drug-likeness (QED) is 0.354. The molecule has 4 rings (SSSR count). The lowest BCUT2D eigenvalue weighted by atomic mass is 10.1. The van der Waals surface area contributed by atoms with E-state index < -0.39 is 17.5 Å². The Morgan fingerprint density at radius 1 is 1.11 bits per heavy atom. The SMILES string of the molecule is CC(C)(F)CCNC(=O)Nc1ccc(Nc2ncnc3cc(OCCN4CCCC4)cc(F)c23)cc1. The van der Waals surface area contributed by atoms with E-state index in [1.165, 1.54) is 39.1 Å². The molecule has 2 heterocycles. The van der Waals surface area contributed by atoms with Gasteiger partial charge in [0.2, 0.25) is 0 Å². The summed E-state index contributed by atoms with van der Waals surface area (Å²) < 4.78 is 34.3. The second-order valence-corrected chi connectivity index (χ2v) is 9.47. The molecule has 36 heavy (non-hydrogen) atoms. The van der Waals surface area contributed by atoms with Gasteiger partial charge in [0.15, 0.2) is 0 Å². The predicted octanol–water partition coefficient (Wildman–Crippen LogP) is 5.25. The maximum absolute atomic E-state index is 15.0. The summed E-state index contributed by atoms with van der Waals surface area (Å²) in [6.45, 7) is 6.64. The molecule has 0 bridgehead atoms. The first-order valence-electron chi connectivity index (χ1n) is 12.2. The molecule has 1 aliphatic rings. The molecule has 0 radical (unpaired) electrons. The number of amides is 2. The number of carbonyl (C=O) groups excluding carboxylic acids is 1. The molecule has 0 atom stereocenters. The van der Waals surface area contributed by atoms with Crippen molar-refractivity contribution in [2.24, 2.45) is 0 Å². The van der Waals surface area contributed by atoms with Crippen molar-refractivity contribution in [3.63, 3.8) is 0 Å². The smallest absolute Gasteiger partial charge is 0.319 e. The number of hydrogen-bond acceptors (Lipinski definition) is 6. The Morgan fingerprint density at radius 3 is 2.56 bits per heavy atom. The van der Waals surface area contributed by atoms with Gasteiger partial charge in [-0.2, -0.15) is 0 Å². The number of anilines is 3. The number of fused-ring (bicyclic) bond motifs is 1. The van der Waals surface area contributed by atoms with E-state index in [2.05, 4.69) is 30.8 Å². The van der Waals surface area contributed by atoms with Crippen LogP contribution in [0.5, 0.6) is 5.75 Å². The van der Waals surface area contributed by atoms with Crippen LogP contribution in [0.3, 0.4) is 0 Å². The molecule has 3 aromatic rings. The van der Waals surface area contributed by atoms with Gasteiger partial charge in [0, 0.05) is 36.6 Å². The fraction of sp³-hybridized carbons (Fsp3) is 0.423. The van der Waals surface area contributed by atoms with Crippen molar-refractivity contribution in [1.82, 2.24) is 20.2 Å². The van der Waals surface area contributed by atoms with Gasteiger partial charge in [-0.1, -0.05) is 0 Å². The number of aromatic nitrogens is 2. The van der Waals surface area contributed by atoms with Crippen molar-refractivity contribution in [3.8, 4) is 5.75 Å². The Labute approximate surface area is 209 Å². The van der Waals surface area contributed by atoms with Gasteiger partial charge < -0.3 is 20.7 Å². The summed E-state index contributed by atoms with van der Waals surface area (Å²) in [4.78, 5) is 22.8. The fourth-order valence-electron chi connectivity index (χ4n) is 4.02. The predicted molar refractivity (Wildman–Crippen MR) is 137 cm³/mol. The summed E-state index contributed by atoms with van der Waals surface area (Å²) in [6, 6.07) is 9.54. The molecule has 8 nitrogen and oxygen atoms in total. The van der Waals surface area contributed by atoms with Crippen molar-refractivity contribution in [2.45, 2.75) is 38.8 Å². The number of rotatable bonds is 10. The van der Waals surface area contributed by atoms with E-state index >= 15 is 4.39 Å². The third-order valence-electron chi connectivity index (χ3n) is 5.95. The molecule has 2 amide bonds. The van der Waals surface area contributed by atoms with Crippen LogP contribution in [0.2, 0.25) is 0 Å². The van der Waals surface area contributed by atoms with Gasteiger partial charge in [-0.25, -0.2) is 23.5 Å². The van der Waals surface area contributed by atoms with Gasteiger partial charge in [-0.05, 0) is 70.5 Å².